The third-order valence-electron chi connectivity index (χ3n) is 6.64. The molecule has 8 nitrogen and oxygen atoms in total. The molecule has 2 amide bonds. The SMILES string of the molecule is CC(C)(C)OC(=O)N1CC=C(Cc2cc(C(=O)N[C@H]3CCOC[C@@H]3O)nc3c2CCCC3)CC1. The van der Waals surface area contributed by atoms with Gasteiger partial charge in [-0.1, -0.05) is 11.6 Å². The van der Waals surface area contributed by atoms with Crippen LogP contribution in [0.2, 0.25) is 0 Å². The summed E-state index contributed by atoms with van der Waals surface area (Å²) in [6.45, 7) is 7.55. The number of nitrogens with zero attached hydrogens (tertiary/aromatic N) is 2. The van der Waals surface area contributed by atoms with Crippen LogP contribution in [0.1, 0.15) is 73.8 Å². The zero-order valence-electron chi connectivity index (χ0n) is 20.6. The summed E-state index contributed by atoms with van der Waals surface area (Å²) in [5.74, 6) is -0.241. The Kier molecular flexibility index (Phi) is 7.57. The molecule has 1 fully saturated rings. The van der Waals surface area contributed by atoms with Gasteiger partial charge in [-0.15, -0.1) is 0 Å². The van der Waals surface area contributed by atoms with E-state index in [0.29, 0.717) is 31.8 Å². The molecule has 2 N–H and O–H groups in total. The van der Waals surface area contributed by atoms with Crippen LogP contribution in [0.5, 0.6) is 0 Å². The van der Waals surface area contributed by atoms with E-state index in [-0.39, 0.29) is 24.6 Å². The Morgan fingerprint density at radius 3 is 2.76 bits per heavy atom. The Bertz CT molecular complexity index is 952. The maximum absolute atomic E-state index is 13.0. The molecule has 0 bridgehead atoms. The summed E-state index contributed by atoms with van der Waals surface area (Å²) in [6, 6.07) is 1.61. The number of fused-ring (bicyclic) bond motifs is 1. The number of carbonyl (C=O) groups is 2. The Morgan fingerprint density at radius 2 is 2.06 bits per heavy atom. The molecule has 2 aliphatic heterocycles. The van der Waals surface area contributed by atoms with Crippen molar-refractivity contribution in [3.05, 3.63) is 40.2 Å². The van der Waals surface area contributed by atoms with Crippen molar-refractivity contribution in [1.82, 2.24) is 15.2 Å². The van der Waals surface area contributed by atoms with Crippen LogP contribution in [0.3, 0.4) is 0 Å². The molecule has 3 aliphatic rings. The van der Waals surface area contributed by atoms with Gasteiger partial charge in [0, 0.05) is 25.4 Å². The average Bonchev–Trinajstić information content (AvgIpc) is 2.80. The maximum Gasteiger partial charge on any atom is 0.410 e. The zero-order valence-corrected chi connectivity index (χ0v) is 20.6. The van der Waals surface area contributed by atoms with Crippen LogP contribution in [-0.2, 0) is 28.7 Å². The molecule has 3 heterocycles. The number of aryl methyl sites for hydroxylation is 1. The van der Waals surface area contributed by atoms with Crippen molar-refractivity contribution in [2.75, 3.05) is 26.3 Å². The first-order valence-corrected chi connectivity index (χ1v) is 12.4. The standard InChI is InChI=1S/C26H37N3O5/c1-26(2,3)34-25(32)29-11-8-17(9-12-29)14-18-15-22(27-20-7-5-4-6-19(18)20)24(31)28-21-10-13-33-16-23(21)30/h8,15,21,23,30H,4-7,9-14,16H2,1-3H3,(H,28,31)/t21-,23-/m0/s1. The second-order valence-electron chi connectivity index (χ2n) is 10.5. The van der Waals surface area contributed by atoms with Crippen molar-refractivity contribution in [3.8, 4) is 0 Å². The first-order valence-electron chi connectivity index (χ1n) is 12.4. The highest BCUT2D eigenvalue weighted by molar-refractivity contribution is 5.93. The third kappa shape index (κ3) is 6.16. The predicted molar refractivity (Wildman–Crippen MR) is 128 cm³/mol. The number of amides is 2. The predicted octanol–water partition coefficient (Wildman–Crippen LogP) is 2.95. The quantitative estimate of drug-likeness (QED) is 0.655. The molecule has 2 atom stereocenters. The molecule has 1 aromatic rings. The molecule has 0 saturated carbocycles. The molecule has 0 spiro atoms. The van der Waals surface area contributed by atoms with Gasteiger partial charge in [0.05, 0.1) is 18.8 Å². The van der Waals surface area contributed by atoms with Gasteiger partial charge in [0.1, 0.15) is 11.3 Å². The van der Waals surface area contributed by atoms with E-state index in [2.05, 4.69) is 11.4 Å². The van der Waals surface area contributed by atoms with E-state index < -0.39 is 11.7 Å². The van der Waals surface area contributed by atoms with Crippen LogP contribution < -0.4 is 5.32 Å². The third-order valence-corrected chi connectivity index (χ3v) is 6.64. The van der Waals surface area contributed by atoms with E-state index in [0.717, 1.165) is 49.8 Å². The van der Waals surface area contributed by atoms with Crippen LogP contribution >= 0.6 is 0 Å². The fourth-order valence-electron chi connectivity index (χ4n) is 4.80. The van der Waals surface area contributed by atoms with Gasteiger partial charge in [-0.3, -0.25) is 4.79 Å². The molecule has 1 aliphatic carbocycles. The van der Waals surface area contributed by atoms with Gasteiger partial charge in [-0.2, -0.15) is 0 Å². The van der Waals surface area contributed by atoms with Gasteiger partial charge in [0.2, 0.25) is 0 Å². The Hall–Kier alpha value is -2.45. The molecule has 4 rings (SSSR count). The monoisotopic (exact) mass is 471 g/mol. The number of hydrogen-bond donors (Lipinski definition) is 2. The molecule has 186 valence electrons. The normalized spacial score (nSPS) is 23.1. The number of aliphatic hydroxyl groups excluding tert-OH is 1. The first-order chi connectivity index (χ1) is 16.2. The largest absolute Gasteiger partial charge is 0.444 e. The smallest absolute Gasteiger partial charge is 0.410 e. The molecular weight excluding hydrogens is 434 g/mol. The van der Waals surface area contributed by atoms with E-state index in [1.165, 1.54) is 11.1 Å². The minimum atomic E-state index is -0.699. The molecular formula is C26H37N3O5. The number of aromatic nitrogens is 1. The fraction of sp³-hybridized carbons (Fsp3) is 0.654. The van der Waals surface area contributed by atoms with Gasteiger partial charge < -0.3 is 24.8 Å². The highest BCUT2D eigenvalue weighted by atomic mass is 16.6. The second-order valence-corrected chi connectivity index (χ2v) is 10.5. The summed E-state index contributed by atoms with van der Waals surface area (Å²) in [6.07, 6.45) is 7.34. The number of carbonyl (C=O) groups excluding carboxylic acids is 2. The van der Waals surface area contributed by atoms with Crippen LogP contribution in [0.15, 0.2) is 17.7 Å². The van der Waals surface area contributed by atoms with Crippen molar-refractivity contribution in [2.45, 2.75) is 83.5 Å². The van der Waals surface area contributed by atoms with Crippen molar-refractivity contribution in [1.29, 1.82) is 0 Å². The summed E-state index contributed by atoms with van der Waals surface area (Å²) >= 11 is 0. The van der Waals surface area contributed by atoms with Gasteiger partial charge in [-0.05, 0) is 82.9 Å². The Balaban J connectivity index is 1.48. The lowest BCUT2D eigenvalue weighted by atomic mass is 9.88. The number of pyridine rings is 1. The molecule has 0 unspecified atom stereocenters. The van der Waals surface area contributed by atoms with E-state index >= 15 is 0 Å². The number of ether oxygens (including phenoxy) is 2. The minimum absolute atomic E-state index is 0.238. The van der Waals surface area contributed by atoms with Gasteiger partial charge in [0.15, 0.2) is 0 Å². The van der Waals surface area contributed by atoms with Crippen LogP contribution in [-0.4, -0.2) is 71.0 Å². The number of hydrogen-bond acceptors (Lipinski definition) is 6. The topological polar surface area (TPSA) is 101 Å². The minimum Gasteiger partial charge on any atom is -0.444 e. The van der Waals surface area contributed by atoms with Crippen molar-refractivity contribution >= 4 is 12.0 Å². The fourth-order valence-corrected chi connectivity index (χ4v) is 4.80. The lowest BCUT2D eigenvalue weighted by Crippen LogP contribution is -2.48. The van der Waals surface area contributed by atoms with Crippen molar-refractivity contribution in [2.24, 2.45) is 0 Å². The van der Waals surface area contributed by atoms with Crippen LogP contribution in [0, 0.1) is 0 Å². The summed E-state index contributed by atoms with van der Waals surface area (Å²) in [5, 5.41) is 13.1. The van der Waals surface area contributed by atoms with Crippen molar-refractivity contribution in [3.63, 3.8) is 0 Å². The number of rotatable bonds is 4. The Morgan fingerprint density at radius 1 is 1.26 bits per heavy atom. The first kappa shape index (κ1) is 24.7. The molecule has 0 aromatic carbocycles. The molecule has 34 heavy (non-hydrogen) atoms. The van der Waals surface area contributed by atoms with E-state index in [1.54, 1.807) is 4.90 Å². The Labute approximate surface area is 201 Å². The van der Waals surface area contributed by atoms with Crippen LogP contribution in [0.25, 0.3) is 0 Å². The van der Waals surface area contributed by atoms with Crippen LogP contribution in [0.4, 0.5) is 4.79 Å². The van der Waals surface area contributed by atoms with Crippen molar-refractivity contribution < 1.29 is 24.2 Å². The number of aliphatic hydroxyl groups is 1. The maximum atomic E-state index is 13.0. The summed E-state index contributed by atoms with van der Waals surface area (Å²) in [7, 11) is 0. The highest BCUT2D eigenvalue weighted by Gasteiger charge is 2.28. The lowest BCUT2D eigenvalue weighted by molar-refractivity contribution is -0.0261. The van der Waals surface area contributed by atoms with Gasteiger partial charge in [-0.25, -0.2) is 9.78 Å². The molecule has 0 radical (unpaired) electrons. The summed E-state index contributed by atoms with van der Waals surface area (Å²) in [4.78, 5) is 31.8. The van der Waals surface area contributed by atoms with E-state index in [9.17, 15) is 14.7 Å². The van der Waals surface area contributed by atoms with E-state index in [1.807, 2.05) is 26.8 Å². The number of nitrogens with one attached hydrogen (secondary N) is 1. The average molecular weight is 472 g/mol. The molecule has 8 heteroatoms. The van der Waals surface area contributed by atoms with Gasteiger partial charge in [0.25, 0.3) is 5.91 Å². The zero-order chi connectivity index (χ0) is 24.3. The molecule has 1 aromatic heterocycles. The summed E-state index contributed by atoms with van der Waals surface area (Å²) in [5.41, 5.74) is 4.62. The summed E-state index contributed by atoms with van der Waals surface area (Å²) < 4.78 is 10.8. The van der Waals surface area contributed by atoms with E-state index in [4.69, 9.17) is 14.5 Å². The lowest BCUT2D eigenvalue weighted by Gasteiger charge is -2.30. The second kappa shape index (κ2) is 10.4. The molecule has 1 saturated heterocycles. The van der Waals surface area contributed by atoms with Gasteiger partial charge >= 0.3 is 6.09 Å². The highest BCUT2D eigenvalue weighted by Crippen LogP contribution is 2.28.